The molecule has 0 saturated heterocycles. The molecule has 0 amide bonds. The highest BCUT2D eigenvalue weighted by Gasteiger charge is 2.35. The summed E-state index contributed by atoms with van der Waals surface area (Å²) >= 11 is 18.2. The number of nitrogens with one attached hydrogen (secondary N) is 1. The van der Waals surface area contributed by atoms with Gasteiger partial charge >= 0.3 is 0 Å². The Labute approximate surface area is 142 Å². The van der Waals surface area contributed by atoms with Crippen LogP contribution in [0.5, 0.6) is 0 Å². The summed E-state index contributed by atoms with van der Waals surface area (Å²) in [5, 5.41) is 3.23. The number of anilines is 1. The van der Waals surface area contributed by atoms with E-state index < -0.39 is 9.83 Å². The van der Waals surface area contributed by atoms with Crippen LogP contribution >= 0.6 is 34.8 Å². The first kappa shape index (κ1) is 15.6. The molecule has 2 nitrogen and oxygen atoms in total. The molecule has 3 rings (SSSR count). The molecule has 1 atom stereocenters. The molecule has 0 saturated carbocycles. The van der Waals surface area contributed by atoms with Crippen molar-refractivity contribution in [2.75, 3.05) is 5.32 Å². The van der Waals surface area contributed by atoms with Gasteiger partial charge in [-0.05, 0) is 29.8 Å². The number of hydrogen-bond acceptors (Lipinski definition) is 2. The van der Waals surface area contributed by atoms with Crippen LogP contribution < -0.4 is 5.32 Å². The second kappa shape index (κ2) is 6.07. The van der Waals surface area contributed by atoms with Crippen molar-refractivity contribution in [2.24, 2.45) is 4.99 Å². The van der Waals surface area contributed by atoms with Crippen LogP contribution in [0.4, 0.5) is 15.8 Å². The largest absolute Gasteiger partial charge is 0.376 e. The molecule has 0 unspecified atom stereocenters. The Morgan fingerprint density at radius 1 is 1.05 bits per heavy atom. The van der Waals surface area contributed by atoms with Crippen LogP contribution in [0.25, 0.3) is 0 Å². The molecule has 2 aromatic rings. The fourth-order valence-corrected chi connectivity index (χ4v) is 2.73. The fraction of sp³-hybridized carbons (Fsp3) is 0.188. The zero-order chi connectivity index (χ0) is 15.7. The zero-order valence-electron chi connectivity index (χ0n) is 11.4. The van der Waals surface area contributed by atoms with E-state index in [0.29, 0.717) is 6.42 Å². The molecule has 0 fully saturated rings. The second-order valence-corrected chi connectivity index (χ2v) is 7.39. The third-order valence-corrected chi connectivity index (χ3v) is 4.25. The van der Waals surface area contributed by atoms with Gasteiger partial charge in [0.05, 0.1) is 23.1 Å². The smallest absolute Gasteiger partial charge is 0.210 e. The summed E-state index contributed by atoms with van der Waals surface area (Å²) < 4.78 is 11.6. The lowest BCUT2D eigenvalue weighted by atomic mass is 10.0. The summed E-state index contributed by atoms with van der Waals surface area (Å²) in [6.07, 6.45) is 0.414. The van der Waals surface area contributed by atoms with E-state index in [1.54, 1.807) is 12.1 Å². The second-order valence-electron chi connectivity index (χ2n) is 5.03. The van der Waals surface area contributed by atoms with Gasteiger partial charge in [-0.15, -0.1) is 0 Å². The normalized spacial score (nSPS) is 18.0. The highest BCUT2D eigenvalue weighted by molar-refractivity contribution is 6.68. The summed E-state index contributed by atoms with van der Waals surface area (Å²) in [5.74, 6) is -0.297. The van der Waals surface area contributed by atoms with Crippen LogP contribution in [0.3, 0.4) is 0 Å². The van der Waals surface area contributed by atoms with Crippen LogP contribution in [0.1, 0.15) is 12.0 Å². The molecule has 0 spiro atoms. The Morgan fingerprint density at radius 2 is 1.73 bits per heavy atom. The number of benzene rings is 2. The molecule has 1 aliphatic rings. The van der Waals surface area contributed by atoms with E-state index in [-0.39, 0.29) is 5.82 Å². The van der Waals surface area contributed by atoms with Gasteiger partial charge in [-0.3, -0.25) is 4.99 Å². The van der Waals surface area contributed by atoms with E-state index in [9.17, 15) is 4.39 Å². The van der Waals surface area contributed by atoms with Crippen LogP contribution in [-0.2, 0) is 0 Å². The minimum Gasteiger partial charge on any atom is -0.376 e. The summed E-state index contributed by atoms with van der Waals surface area (Å²) in [4.78, 5) is 4.66. The predicted octanol–water partition coefficient (Wildman–Crippen LogP) is 5.50. The van der Waals surface area contributed by atoms with Gasteiger partial charge in [0.2, 0.25) is 3.79 Å². The summed E-state index contributed by atoms with van der Waals surface area (Å²) in [5.41, 5.74) is 3.11. The molecule has 0 radical (unpaired) electrons. The number of aliphatic imine (C=N–C) groups is 1. The van der Waals surface area contributed by atoms with Crippen molar-refractivity contribution in [3.63, 3.8) is 0 Å². The molecule has 1 N–H and O–H groups in total. The van der Waals surface area contributed by atoms with E-state index in [2.05, 4.69) is 10.3 Å². The van der Waals surface area contributed by atoms with E-state index in [1.807, 2.05) is 24.3 Å². The van der Waals surface area contributed by atoms with E-state index >= 15 is 0 Å². The molecule has 0 aliphatic carbocycles. The molecule has 1 heterocycles. The number of hydrogen-bond donors (Lipinski definition) is 1. The summed E-state index contributed by atoms with van der Waals surface area (Å²) in [6, 6.07) is 13.3. The van der Waals surface area contributed by atoms with Gasteiger partial charge in [0.25, 0.3) is 0 Å². The number of fused-ring (bicyclic) bond motifs is 1. The SMILES string of the molecule is Fc1ccc(C2=Nc3ccccc3N[C@@H](C(Cl)(Cl)Cl)C2)cc1. The van der Waals surface area contributed by atoms with Gasteiger partial charge in [0.1, 0.15) is 5.82 Å². The molecule has 2 aromatic carbocycles. The van der Waals surface area contributed by atoms with Crippen molar-refractivity contribution in [1.29, 1.82) is 0 Å². The number of alkyl halides is 3. The topological polar surface area (TPSA) is 24.4 Å². The van der Waals surface area contributed by atoms with Gasteiger partial charge in [0.15, 0.2) is 0 Å². The van der Waals surface area contributed by atoms with Crippen LogP contribution in [0.2, 0.25) is 0 Å². The van der Waals surface area contributed by atoms with E-state index in [1.165, 1.54) is 12.1 Å². The zero-order valence-corrected chi connectivity index (χ0v) is 13.6. The summed E-state index contributed by atoms with van der Waals surface area (Å²) in [7, 11) is 0. The summed E-state index contributed by atoms with van der Waals surface area (Å²) in [6.45, 7) is 0. The Kier molecular flexibility index (Phi) is 4.31. The van der Waals surface area contributed by atoms with Crippen molar-refractivity contribution in [1.82, 2.24) is 0 Å². The molecule has 1 aliphatic heterocycles. The Balaban J connectivity index is 2.07. The van der Waals surface area contributed by atoms with Crippen molar-refractivity contribution >= 4 is 51.9 Å². The molecular weight excluding hydrogens is 346 g/mol. The average molecular weight is 358 g/mol. The lowest BCUT2D eigenvalue weighted by Crippen LogP contribution is -2.35. The molecule has 114 valence electrons. The lowest BCUT2D eigenvalue weighted by Gasteiger charge is -2.25. The number of halogens is 4. The Hall–Kier alpha value is -1.29. The van der Waals surface area contributed by atoms with Crippen molar-refractivity contribution in [3.05, 3.63) is 59.9 Å². The molecule has 0 bridgehead atoms. The first-order valence-corrected chi connectivity index (χ1v) is 7.82. The van der Waals surface area contributed by atoms with Gasteiger partial charge in [-0.1, -0.05) is 59.1 Å². The third kappa shape index (κ3) is 3.37. The Bertz CT molecular complexity index is 708. The van der Waals surface area contributed by atoms with E-state index in [4.69, 9.17) is 34.8 Å². The van der Waals surface area contributed by atoms with Crippen LogP contribution in [-0.4, -0.2) is 15.5 Å². The van der Waals surface area contributed by atoms with Crippen LogP contribution in [0.15, 0.2) is 53.5 Å². The number of para-hydroxylation sites is 2. The predicted molar refractivity (Wildman–Crippen MR) is 91.4 cm³/mol. The monoisotopic (exact) mass is 356 g/mol. The minimum absolute atomic E-state index is 0.297. The van der Waals surface area contributed by atoms with Crippen LogP contribution in [0, 0.1) is 5.82 Å². The van der Waals surface area contributed by atoms with Gasteiger partial charge < -0.3 is 5.32 Å². The van der Waals surface area contributed by atoms with Gasteiger partial charge in [0, 0.05) is 6.42 Å². The van der Waals surface area contributed by atoms with Gasteiger partial charge in [-0.25, -0.2) is 4.39 Å². The maximum absolute atomic E-state index is 13.1. The maximum atomic E-state index is 13.1. The fourth-order valence-electron chi connectivity index (χ4n) is 2.34. The van der Waals surface area contributed by atoms with Crippen molar-refractivity contribution in [3.8, 4) is 0 Å². The first-order chi connectivity index (χ1) is 10.4. The minimum atomic E-state index is -1.49. The number of nitrogens with zero attached hydrogens (tertiary/aromatic N) is 1. The van der Waals surface area contributed by atoms with Gasteiger partial charge in [-0.2, -0.15) is 0 Å². The third-order valence-electron chi connectivity index (χ3n) is 3.46. The highest BCUT2D eigenvalue weighted by Crippen LogP contribution is 2.39. The quantitative estimate of drug-likeness (QED) is 0.669. The average Bonchev–Trinajstić information content (AvgIpc) is 2.67. The van der Waals surface area contributed by atoms with Crippen molar-refractivity contribution < 1.29 is 4.39 Å². The highest BCUT2D eigenvalue weighted by atomic mass is 35.6. The molecular formula is C16H12Cl3FN2. The maximum Gasteiger partial charge on any atom is 0.210 e. The molecule has 22 heavy (non-hydrogen) atoms. The lowest BCUT2D eigenvalue weighted by molar-refractivity contribution is 0.627. The molecule has 6 heteroatoms. The Morgan fingerprint density at radius 3 is 2.41 bits per heavy atom. The first-order valence-electron chi connectivity index (χ1n) is 6.69. The van der Waals surface area contributed by atoms with E-state index in [0.717, 1.165) is 22.6 Å². The standard InChI is InChI=1S/C16H12Cl3FN2/c17-16(18,19)15-9-14(10-5-7-11(20)8-6-10)21-12-3-1-2-4-13(12)22-15/h1-8,15,22H,9H2/t15-/m1/s1. The van der Waals surface area contributed by atoms with Crippen molar-refractivity contribution in [2.45, 2.75) is 16.3 Å². The number of rotatable bonds is 1. The molecule has 0 aromatic heterocycles.